The number of ether oxygens (including phenoxy) is 2. The summed E-state index contributed by atoms with van der Waals surface area (Å²) in [6, 6.07) is 4.98. The SMILES string of the molecule is COC(=O)[C@H]1C(=O)C2=C(C[C@H]1C)NC(C)=C(C(=O)OC(C)C)[C@H]2c1ccc(Cl)c(Cl)c1. The van der Waals surface area contributed by atoms with Crippen molar-refractivity contribution in [3.63, 3.8) is 0 Å². The average Bonchev–Trinajstić information content (AvgIpc) is 2.68. The molecule has 1 aliphatic heterocycles. The summed E-state index contributed by atoms with van der Waals surface area (Å²) in [5, 5.41) is 3.87. The minimum Gasteiger partial charge on any atom is -0.468 e. The van der Waals surface area contributed by atoms with Gasteiger partial charge in [-0.15, -0.1) is 0 Å². The van der Waals surface area contributed by atoms with Crippen molar-refractivity contribution in [2.24, 2.45) is 11.8 Å². The third kappa shape index (κ3) is 4.37. The van der Waals surface area contributed by atoms with E-state index in [1.165, 1.54) is 7.11 Å². The number of dihydropyridines is 1. The number of ketones is 1. The van der Waals surface area contributed by atoms with Crippen LogP contribution in [0.25, 0.3) is 0 Å². The van der Waals surface area contributed by atoms with E-state index < -0.39 is 23.8 Å². The van der Waals surface area contributed by atoms with E-state index in [1.54, 1.807) is 39.0 Å². The molecular weight excluding hydrogens is 441 g/mol. The molecule has 3 rings (SSSR count). The van der Waals surface area contributed by atoms with E-state index in [2.05, 4.69) is 5.32 Å². The lowest BCUT2D eigenvalue weighted by Crippen LogP contribution is -2.43. The van der Waals surface area contributed by atoms with Gasteiger partial charge in [0.2, 0.25) is 0 Å². The smallest absolute Gasteiger partial charge is 0.337 e. The molecular formula is C23H25Cl2NO5. The number of esters is 2. The van der Waals surface area contributed by atoms with Gasteiger partial charge in [0.1, 0.15) is 5.92 Å². The Labute approximate surface area is 191 Å². The van der Waals surface area contributed by atoms with E-state index in [0.717, 1.165) is 0 Å². The van der Waals surface area contributed by atoms with Gasteiger partial charge in [0.25, 0.3) is 0 Å². The fourth-order valence-electron chi connectivity index (χ4n) is 4.25. The fourth-order valence-corrected chi connectivity index (χ4v) is 4.56. The number of Topliss-reactive ketones (excluding diaryl/α,β-unsaturated/α-hetero) is 1. The Bertz CT molecular complexity index is 1010. The highest BCUT2D eigenvalue weighted by Gasteiger charge is 2.47. The van der Waals surface area contributed by atoms with Crippen molar-refractivity contribution in [1.82, 2.24) is 5.32 Å². The van der Waals surface area contributed by atoms with Crippen molar-refractivity contribution < 1.29 is 23.9 Å². The van der Waals surface area contributed by atoms with Gasteiger partial charge in [-0.25, -0.2) is 4.79 Å². The maximum Gasteiger partial charge on any atom is 0.337 e. The minimum absolute atomic E-state index is 0.252. The number of carbonyl (C=O) groups is 3. The van der Waals surface area contributed by atoms with Crippen LogP contribution in [-0.2, 0) is 23.9 Å². The van der Waals surface area contributed by atoms with Crippen LogP contribution in [0.4, 0.5) is 0 Å². The number of methoxy groups -OCH3 is 1. The van der Waals surface area contributed by atoms with Crippen LogP contribution in [0.5, 0.6) is 0 Å². The Morgan fingerprint density at radius 2 is 1.87 bits per heavy atom. The van der Waals surface area contributed by atoms with Crippen LogP contribution in [0.3, 0.4) is 0 Å². The highest BCUT2D eigenvalue weighted by Crippen LogP contribution is 2.46. The molecule has 0 spiro atoms. The van der Waals surface area contributed by atoms with Crippen molar-refractivity contribution in [3.8, 4) is 0 Å². The number of nitrogens with one attached hydrogen (secondary N) is 1. The second-order valence-electron chi connectivity index (χ2n) is 8.16. The molecule has 0 saturated carbocycles. The quantitative estimate of drug-likeness (QED) is 0.518. The van der Waals surface area contributed by atoms with Crippen LogP contribution in [0.1, 0.15) is 45.6 Å². The molecule has 0 saturated heterocycles. The van der Waals surface area contributed by atoms with Crippen molar-refractivity contribution in [3.05, 3.63) is 56.3 Å². The van der Waals surface area contributed by atoms with Crippen LogP contribution < -0.4 is 5.32 Å². The fraction of sp³-hybridized carbons (Fsp3) is 0.435. The van der Waals surface area contributed by atoms with E-state index in [4.69, 9.17) is 32.7 Å². The van der Waals surface area contributed by atoms with Gasteiger partial charge in [-0.2, -0.15) is 0 Å². The molecule has 1 heterocycles. The first-order chi connectivity index (χ1) is 14.6. The van der Waals surface area contributed by atoms with Crippen LogP contribution in [0, 0.1) is 11.8 Å². The van der Waals surface area contributed by atoms with Gasteiger partial charge < -0.3 is 14.8 Å². The van der Waals surface area contributed by atoms with E-state index >= 15 is 0 Å². The molecule has 31 heavy (non-hydrogen) atoms. The van der Waals surface area contributed by atoms with Gasteiger partial charge in [-0.1, -0.05) is 36.2 Å². The molecule has 1 aromatic rings. The zero-order valence-corrected chi connectivity index (χ0v) is 19.6. The van der Waals surface area contributed by atoms with Crippen LogP contribution in [0.2, 0.25) is 10.0 Å². The summed E-state index contributed by atoms with van der Waals surface area (Å²) in [6.07, 6.45) is 0.116. The van der Waals surface area contributed by atoms with Crippen molar-refractivity contribution >= 4 is 40.9 Å². The maximum absolute atomic E-state index is 13.6. The average molecular weight is 466 g/mol. The Kier molecular flexibility index (Phi) is 6.82. The summed E-state index contributed by atoms with van der Waals surface area (Å²) in [5.74, 6) is -3.44. The van der Waals surface area contributed by atoms with Crippen LogP contribution >= 0.6 is 23.2 Å². The van der Waals surface area contributed by atoms with Crippen molar-refractivity contribution in [1.29, 1.82) is 0 Å². The maximum atomic E-state index is 13.6. The van der Waals surface area contributed by atoms with E-state index in [0.29, 0.717) is 44.6 Å². The normalized spacial score (nSPS) is 23.5. The van der Waals surface area contributed by atoms with E-state index in [1.807, 2.05) is 6.92 Å². The molecule has 0 radical (unpaired) electrons. The first kappa shape index (κ1) is 23.4. The molecule has 2 aliphatic rings. The lowest BCUT2D eigenvalue weighted by Gasteiger charge is -2.38. The number of benzene rings is 1. The predicted molar refractivity (Wildman–Crippen MR) is 118 cm³/mol. The lowest BCUT2D eigenvalue weighted by molar-refractivity contribution is -0.151. The summed E-state index contributed by atoms with van der Waals surface area (Å²) in [4.78, 5) is 39.0. The van der Waals surface area contributed by atoms with Gasteiger partial charge in [0.05, 0.1) is 28.8 Å². The minimum atomic E-state index is -0.948. The summed E-state index contributed by atoms with van der Waals surface area (Å²) in [6.45, 7) is 7.11. The molecule has 0 amide bonds. The van der Waals surface area contributed by atoms with Crippen molar-refractivity contribution in [2.75, 3.05) is 7.11 Å². The number of halogens is 2. The Balaban J connectivity index is 2.21. The number of hydrogen-bond donors (Lipinski definition) is 1. The molecule has 6 nitrogen and oxygen atoms in total. The molecule has 166 valence electrons. The van der Waals surface area contributed by atoms with Gasteiger partial charge in [-0.3, -0.25) is 9.59 Å². The van der Waals surface area contributed by atoms with E-state index in [-0.39, 0.29) is 17.8 Å². The molecule has 0 aromatic heterocycles. The molecule has 0 bridgehead atoms. The summed E-state index contributed by atoms with van der Waals surface area (Å²) >= 11 is 12.4. The van der Waals surface area contributed by atoms with Gasteiger partial charge in [0.15, 0.2) is 5.78 Å². The standard InChI is InChI=1S/C23H25Cl2NO5/c1-10(2)31-23(29)18-12(4)26-16-8-11(3)17(22(28)30-5)21(27)20(16)19(18)13-6-7-14(24)15(25)9-13/h6-7,9-11,17,19,26H,8H2,1-5H3/t11-,17-,19-/m1/s1. The second kappa shape index (κ2) is 9.05. The van der Waals surface area contributed by atoms with Crippen molar-refractivity contribution in [2.45, 2.75) is 46.1 Å². The van der Waals surface area contributed by atoms with Crippen LogP contribution in [0.15, 0.2) is 40.7 Å². The Hall–Kier alpha value is -2.31. The third-order valence-electron chi connectivity index (χ3n) is 5.58. The molecule has 0 fully saturated rings. The summed E-state index contributed by atoms with van der Waals surface area (Å²) in [5.41, 5.74) is 2.56. The van der Waals surface area contributed by atoms with Gasteiger partial charge >= 0.3 is 11.9 Å². The molecule has 8 heteroatoms. The van der Waals surface area contributed by atoms with Gasteiger partial charge in [-0.05, 0) is 50.8 Å². The monoisotopic (exact) mass is 465 g/mol. The number of carbonyl (C=O) groups excluding carboxylic acids is 3. The topological polar surface area (TPSA) is 81.7 Å². The summed E-state index contributed by atoms with van der Waals surface area (Å²) in [7, 11) is 1.26. The molecule has 0 unspecified atom stereocenters. The first-order valence-electron chi connectivity index (χ1n) is 10.1. The lowest BCUT2D eigenvalue weighted by atomic mass is 9.69. The van der Waals surface area contributed by atoms with Crippen LogP contribution in [-0.4, -0.2) is 30.9 Å². The number of allylic oxidation sites excluding steroid dienone is 3. The Morgan fingerprint density at radius 1 is 1.19 bits per heavy atom. The zero-order valence-electron chi connectivity index (χ0n) is 18.0. The third-order valence-corrected chi connectivity index (χ3v) is 6.32. The number of hydrogen-bond acceptors (Lipinski definition) is 6. The molecule has 1 N–H and O–H groups in total. The highest BCUT2D eigenvalue weighted by molar-refractivity contribution is 6.42. The predicted octanol–water partition coefficient (Wildman–Crippen LogP) is 4.56. The molecule has 1 aliphatic carbocycles. The largest absolute Gasteiger partial charge is 0.468 e. The van der Waals surface area contributed by atoms with Gasteiger partial charge in [0, 0.05) is 22.9 Å². The highest BCUT2D eigenvalue weighted by atomic mass is 35.5. The molecule has 1 aromatic carbocycles. The number of rotatable bonds is 4. The Morgan fingerprint density at radius 3 is 2.45 bits per heavy atom. The second-order valence-corrected chi connectivity index (χ2v) is 8.98. The summed E-state index contributed by atoms with van der Waals surface area (Å²) < 4.78 is 10.4. The van der Waals surface area contributed by atoms with E-state index in [9.17, 15) is 14.4 Å². The first-order valence-corrected chi connectivity index (χ1v) is 10.8. The molecule has 3 atom stereocenters. The zero-order chi connectivity index (χ0) is 23.0.